The second-order valence-corrected chi connectivity index (χ2v) is 4.23. The van der Waals surface area contributed by atoms with Gasteiger partial charge in [-0.15, -0.1) is 0 Å². The van der Waals surface area contributed by atoms with Crippen LogP contribution in [0.5, 0.6) is 0 Å². The molecule has 2 N–H and O–H groups in total. The molecule has 0 aromatic heterocycles. The number of aliphatic carboxylic acids is 1. The minimum atomic E-state index is -1.12. The van der Waals surface area contributed by atoms with E-state index >= 15 is 0 Å². The Bertz CT molecular complexity index is 375. The Morgan fingerprint density at radius 1 is 1.31 bits per heavy atom. The summed E-state index contributed by atoms with van der Waals surface area (Å²) >= 11 is 0. The van der Waals surface area contributed by atoms with Gasteiger partial charge in [0.15, 0.2) is 0 Å². The molecule has 0 fully saturated rings. The van der Waals surface area contributed by atoms with Crippen molar-refractivity contribution in [3.63, 3.8) is 0 Å². The molecule has 5 heteroatoms. The van der Waals surface area contributed by atoms with Crippen molar-refractivity contribution in [2.75, 3.05) is 6.54 Å². The third-order valence-electron chi connectivity index (χ3n) is 2.22. The lowest BCUT2D eigenvalue weighted by Gasteiger charge is -2.16. The molecule has 0 aliphatic heterocycles. The summed E-state index contributed by atoms with van der Waals surface area (Å²) in [5.41, 5.74) is -0.499. The van der Waals surface area contributed by atoms with Gasteiger partial charge in [-0.3, -0.25) is 4.79 Å². The Morgan fingerprint density at radius 3 is 2.19 bits per heavy atom. The lowest BCUT2D eigenvalue weighted by atomic mass is 9.96. The van der Waals surface area contributed by atoms with Crippen molar-refractivity contribution in [1.29, 1.82) is 5.26 Å². The molecule has 0 rings (SSSR count). The Morgan fingerprint density at radius 2 is 1.81 bits per heavy atom. The second kappa shape index (κ2) is 5.31. The monoisotopic (exact) mass is 224 g/mol. The van der Waals surface area contributed by atoms with Gasteiger partial charge in [0.25, 0.3) is 0 Å². The number of carboxylic acid groups (broad SMARTS) is 1. The van der Waals surface area contributed by atoms with E-state index in [1.807, 2.05) is 6.07 Å². The van der Waals surface area contributed by atoms with Crippen molar-refractivity contribution in [2.24, 2.45) is 5.41 Å². The van der Waals surface area contributed by atoms with Gasteiger partial charge in [0.2, 0.25) is 5.91 Å². The van der Waals surface area contributed by atoms with Gasteiger partial charge in [0.1, 0.15) is 0 Å². The summed E-state index contributed by atoms with van der Waals surface area (Å²) in [5, 5.41) is 19.9. The molecule has 5 nitrogen and oxygen atoms in total. The maximum Gasteiger partial charge on any atom is 0.331 e. The van der Waals surface area contributed by atoms with Crippen LogP contribution in [-0.2, 0) is 9.59 Å². The van der Waals surface area contributed by atoms with Gasteiger partial charge in [-0.25, -0.2) is 4.79 Å². The number of hydrogen-bond acceptors (Lipinski definition) is 3. The summed E-state index contributed by atoms with van der Waals surface area (Å²) in [6, 6.07) is 2.04. The average Bonchev–Trinajstić information content (AvgIpc) is 2.23. The summed E-state index contributed by atoms with van der Waals surface area (Å²) in [6.45, 7) is 6.38. The highest BCUT2D eigenvalue weighted by Gasteiger charge is 2.19. The topological polar surface area (TPSA) is 90.2 Å². The molecule has 1 amide bonds. The number of nitriles is 1. The third-order valence-corrected chi connectivity index (χ3v) is 2.22. The van der Waals surface area contributed by atoms with Crippen LogP contribution in [0.25, 0.3) is 0 Å². The van der Waals surface area contributed by atoms with Crippen LogP contribution >= 0.6 is 0 Å². The molecule has 0 aliphatic carbocycles. The molecule has 0 atom stereocenters. The van der Waals surface area contributed by atoms with Crippen LogP contribution in [0.4, 0.5) is 0 Å². The van der Waals surface area contributed by atoms with E-state index < -0.39 is 17.3 Å². The Labute approximate surface area is 94.8 Å². The average molecular weight is 224 g/mol. The predicted octanol–water partition coefficient (Wildman–Crippen LogP) is 1.07. The smallest absolute Gasteiger partial charge is 0.331 e. The first-order valence-corrected chi connectivity index (χ1v) is 4.81. The fourth-order valence-corrected chi connectivity index (χ4v) is 0.804. The van der Waals surface area contributed by atoms with E-state index in [-0.39, 0.29) is 17.7 Å². The van der Waals surface area contributed by atoms with Crippen LogP contribution in [-0.4, -0.2) is 23.5 Å². The minimum Gasteiger partial charge on any atom is -0.478 e. The van der Waals surface area contributed by atoms with Crippen molar-refractivity contribution >= 4 is 11.9 Å². The van der Waals surface area contributed by atoms with Crippen molar-refractivity contribution < 1.29 is 14.7 Å². The molecule has 16 heavy (non-hydrogen) atoms. The molecule has 0 aromatic carbocycles. The standard InChI is InChI=1S/C11H16N2O3/c1-7(8(2)10(15)16)9(14)13-6-11(3,4)5-12/h6H2,1-4H3,(H,13,14)(H,15,16). The van der Waals surface area contributed by atoms with Crippen LogP contribution in [0, 0.1) is 16.7 Å². The van der Waals surface area contributed by atoms with Crippen molar-refractivity contribution in [3.05, 3.63) is 11.1 Å². The molecular weight excluding hydrogens is 208 g/mol. The van der Waals surface area contributed by atoms with Crippen LogP contribution in [0.3, 0.4) is 0 Å². The van der Waals surface area contributed by atoms with Crippen molar-refractivity contribution in [1.82, 2.24) is 5.32 Å². The van der Waals surface area contributed by atoms with Crippen LogP contribution in [0.1, 0.15) is 27.7 Å². The Hall–Kier alpha value is -1.83. The largest absolute Gasteiger partial charge is 0.478 e. The molecule has 88 valence electrons. The van der Waals surface area contributed by atoms with Gasteiger partial charge in [-0.1, -0.05) is 0 Å². The number of carbonyl (C=O) groups excluding carboxylic acids is 1. The summed E-state index contributed by atoms with van der Waals surface area (Å²) in [4.78, 5) is 22.1. The highest BCUT2D eigenvalue weighted by molar-refractivity contribution is 6.01. The quantitative estimate of drug-likeness (QED) is 0.699. The lowest BCUT2D eigenvalue weighted by Crippen LogP contribution is -2.34. The molecule has 0 saturated heterocycles. The van der Waals surface area contributed by atoms with Gasteiger partial charge >= 0.3 is 5.97 Å². The SMILES string of the molecule is CC(C(=O)O)=C(C)C(=O)NCC(C)(C)C#N. The van der Waals surface area contributed by atoms with Gasteiger partial charge < -0.3 is 10.4 Å². The molecule has 0 unspecified atom stereocenters. The molecule has 0 bridgehead atoms. The highest BCUT2D eigenvalue weighted by Crippen LogP contribution is 2.11. The number of amides is 1. The molecule has 0 spiro atoms. The highest BCUT2D eigenvalue weighted by atomic mass is 16.4. The van der Waals surface area contributed by atoms with Crippen LogP contribution in [0.2, 0.25) is 0 Å². The summed E-state index contributed by atoms with van der Waals surface area (Å²) in [6.07, 6.45) is 0. The van der Waals surface area contributed by atoms with Crippen molar-refractivity contribution in [3.8, 4) is 6.07 Å². The van der Waals surface area contributed by atoms with Gasteiger partial charge in [0.05, 0.1) is 11.5 Å². The first-order chi connectivity index (χ1) is 7.21. The fourth-order valence-electron chi connectivity index (χ4n) is 0.804. The zero-order valence-electron chi connectivity index (χ0n) is 9.92. The summed E-state index contributed by atoms with van der Waals surface area (Å²) in [7, 11) is 0. The van der Waals surface area contributed by atoms with Crippen LogP contribution in [0.15, 0.2) is 11.1 Å². The fraction of sp³-hybridized carbons (Fsp3) is 0.545. The Balaban J connectivity index is 4.58. The number of carboxylic acids is 1. The summed E-state index contributed by atoms with van der Waals surface area (Å²) in [5.74, 6) is -1.57. The van der Waals surface area contributed by atoms with Crippen molar-refractivity contribution in [2.45, 2.75) is 27.7 Å². The molecule has 0 aromatic rings. The maximum atomic E-state index is 11.5. The molecule has 0 saturated carbocycles. The van der Waals surface area contributed by atoms with Gasteiger partial charge in [0, 0.05) is 17.7 Å². The second-order valence-electron chi connectivity index (χ2n) is 4.23. The van der Waals surface area contributed by atoms with Gasteiger partial charge in [-0.2, -0.15) is 5.26 Å². The van der Waals surface area contributed by atoms with Gasteiger partial charge in [-0.05, 0) is 27.7 Å². The first-order valence-electron chi connectivity index (χ1n) is 4.81. The Kier molecular flexibility index (Phi) is 4.70. The number of nitrogens with zero attached hydrogens (tertiary/aromatic N) is 1. The first kappa shape index (κ1) is 14.2. The summed E-state index contributed by atoms with van der Waals surface area (Å²) < 4.78 is 0. The lowest BCUT2D eigenvalue weighted by molar-refractivity contribution is -0.133. The predicted molar refractivity (Wildman–Crippen MR) is 58.4 cm³/mol. The zero-order chi connectivity index (χ0) is 12.9. The normalized spacial score (nSPS) is 12.4. The van der Waals surface area contributed by atoms with E-state index in [9.17, 15) is 9.59 Å². The zero-order valence-corrected chi connectivity index (χ0v) is 9.92. The number of rotatable bonds is 4. The van der Waals surface area contributed by atoms with E-state index in [4.69, 9.17) is 10.4 Å². The van der Waals surface area contributed by atoms with E-state index in [1.165, 1.54) is 13.8 Å². The number of nitrogens with one attached hydrogen (secondary N) is 1. The number of carbonyl (C=O) groups is 2. The van der Waals surface area contributed by atoms with E-state index in [2.05, 4.69) is 5.32 Å². The van der Waals surface area contributed by atoms with E-state index in [1.54, 1.807) is 13.8 Å². The third kappa shape index (κ3) is 4.13. The molecule has 0 heterocycles. The maximum absolute atomic E-state index is 11.5. The molecule has 0 aliphatic rings. The van der Waals surface area contributed by atoms with E-state index in [0.29, 0.717) is 0 Å². The minimum absolute atomic E-state index is 0.00673. The molecule has 0 radical (unpaired) electrons. The van der Waals surface area contributed by atoms with E-state index in [0.717, 1.165) is 0 Å². The number of hydrogen-bond donors (Lipinski definition) is 2. The molecular formula is C11H16N2O3. The van der Waals surface area contributed by atoms with Crippen LogP contribution < -0.4 is 5.32 Å².